The van der Waals surface area contributed by atoms with Gasteiger partial charge in [0.25, 0.3) is 0 Å². The zero-order valence-corrected chi connectivity index (χ0v) is 17.5. The van der Waals surface area contributed by atoms with Gasteiger partial charge in [-0.1, -0.05) is 12.8 Å². The van der Waals surface area contributed by atoms with Gasteiger partial charge in [0.2, 0.25) is 5.95 Å². The van der Waals surface area contributed by atoms with Crippen LogP contribution in [0.25, 0.3) is 11.0 Å². The number of aromatic nitrogens is 4. The highest BCUT2D eigenvalue weighted by molar-refractivity contribution is 14.1. The summed E-state index contributed by atoms with van der Waals surface area (Å²) in [6.07, 6.45) is 5.57. The Hall–Kier alpha value is -1.65. The Labute approximate surface area is 166 Å². The van der Waals surface area contributed by atoms with Crippen LogP contribution in [0.3, 0.4) is 0 Å². The first kappa shape index (κ1) is 17.7. The van der Waals surface area contributed by atoms with Crippen LogP contribution >= 0.6 is 22.6 Å². The van der Waals surface area contributed by atoms with E-state index in [1.54, 1.807) is 4.90 Å². The van der Waals surface area contributed by atoms with E-state index in [2.05, 4.69) is 37.6 Å². The number of amides is 2. The normalized spacial score (nSPS) is 20.7. The Bertz CT molecular complexity index is 832. The van der Waals surface area contributed by atoms with Gasteiger partial charge in [0, 0.05) is 53.0 Å². The van der Waals surface area contributed by atoms with Crippen molar-refractivity contribution in [2.45, 2.75) is 25.3 Å². The molecule has 0 spiro atoms. The third kappa shape index (κ3) is 3.33. The second-order valence-corrected chi connectivity index (χ2v) is 8.49. The van der Waals surface area contributed by atoms with Gasteiger partial charge in [-0.3, -0.25) is 0 Å². The summed E-state index contributed by atoms with van der Waals surface area (Å²) in [5.74, 6) is 1.53. The molecule has 26 heavy (non-hydrogen) atoms. The van der Waals surface area contributed by atoms with E-state index in [0.29, 0.717) is 6.54 Å². The number of fused-ring (bicyclic) bond motifs is 1. The van der Waals surface area contributed by atoms with Crippen molar-refractivity contribution in [1.82, 2.24) is 29.5 Å². The topological polar surface area (TPSA) is 70.4 Å². The molecule has 2 aliphatic rings. The number of piperazine rings is 1. The van der Waals surface area contributed by atoms with Crippen molar-refractivity contribution in [3.05, 3.63) is 9.90 Å². The molecule has 8 nitrogen and oxygen atoms in total. The lowest BCUT2D eigenvalue weighted by Crippen LogP contribution is -2.57. The van der Waals surface area contributed by atoms with Crippen LogP contribution in [0.1, 0.15) is 19.3 Å². The van der Waals surface area contributed by atoms with Crippen LogP contribution in [-0.4, -0.2) is 75.4 Å². The third-order valence-corrected chi connectivity index (χ3v) is 6.01. The molecule has 2 fully saturated rings. The summed E-state index contributed by atoms with van der Waals surface area (Å²) in [5.41, 5.74) is 0.858. The number of carbonyl (C=O) groups is 1. The summed E-state index contributed by atoms with van der Waals surface area (Å²) in [5, 5.41) is 5.42. The van der Waals surface area contributed by atoms with Crippen LogP contribution in [-0.2, 0) is 7.05 Å². The van der Waals surface area contributed by atoms with Crippen molar-refractivity contribution in [2.75, 3.05) is 38.6 Å². The van der Waals surface area contributed by atoms with Gasteiger partial charge in [-0.15, -0.1) is 0 Å². The monoisotopic (exact) mass is 469 g/mol. The summed E-state index contributed by atoms with van der Waals surface area (Å²) in [6, 6.07) is 0.355. The minimum absolute atomic E-state index is 0.0861. The van der Waals surface area contributed by atoms with E-state index in [-0.39, 0.29) is 12.1 Å². The highest BCUT2D eigenvalue weighted by Crippen LogP contribution is 2.36. The van der Waals surface area contributed by atoms with Gasteiger partial charge in [0.1, 0.15) is 3.70 Å². The van der Waals surface area contributed by atoms with Crippen LogP contribution in [0.4, 0.5) is 10.7 Å². The Morgan fingerprint density at radius 1 is 1.35 bits per heavy atom. The molecular formula is C17H24IN7O. The van der Waals surface area contributed by atoms with Gasteiger partial charge in [-0.05, 0) is 34.9 Å². The molecule has 140 valence electrons. The number of hydrogen-bond donors (Lipinski definition) is 0. The van der Waals surface area contributed by atoms with E-state index in [9.17, 15) is 4.79 Å². The molecule has 1 atom stereocenters. The van der Waals surface area contributed by atoms with Crippen molar-refractivity contribution in [3.63, 3.8) is 0 Å². The van der Waals surface area contributed by atoms with Gasteiger partial charge >= 0.3 is 6.03 Å². The van der Waals surface area contributed by atoms with Gasteiger partial charge in [-0.25, -0.2) is 14.5 Å². The lowest BCUT2D eigenvalue weighted by atomic mass is 10.1. The van der Waals surface area contributed by atoms with Crippen LogP contribution < -0.4 is 4.90 Å². The molecule has 1 saturated heterocycles. The molecule has 2 aromatic heterocycles. The average molecular weight is 469 g/mol. The number of rotatable bonds is 3. The lowest BCUT2D eigenvalue weighted by molar-refractivity contribution is 0.157. The van der Waals surface area contributed by atoms with Crippen molar-refractivity contribution < 1.29 is 4.79 Å². The molecule has 4 rings (SSSR count). The molecule has 1 aliphatic carbocycles. The Balaban J connectivity index is 1.61. The van der Waals surface area contributed by atoms with E-state index >= 15 is 0 Å². The zero-order chi connectivity index (χ0) is 18.4. The smallest absolute Gasteiger partial charge is 0.319 e. The summed E-state index contributed by atoms with van der Waals surface area (Å²) < 4.78 is 2.73. The molecule has 1 unspecified atom stereocenters. The van der Waals surface area contributed by atoms with Crippen LogP contribution in [0.15, 0.2) is 6.20 Å². The summed E-state index contributed by atoms with van der Waals surface area (Å²) in [4.78, 5) is 27.7. The average Bonchev–Trinajstić information content (AvgIpc) is 3.39. The second kappa shape index (κ2) is 6.82. The minimum atomic E-state index is 0.0861. The fraction of sp³-hybridized carbons (Fsp3) is 0.647. The van der Waals surface area contributed by atoms with E-state index in [0.717, 1.165) is 46.1 Å². The largest absolute Gasteiger partial charge is 0.334 e. The fourth-order valence-electron chi connectivity index (χ4n) is 3.64. The number of carbonyl (C=O) groups excluding carboxylic acids is 1. The maximum absolute atomic E-state index is 12.4. The van der Waals surface area contributed by atoms with Crippen LogP contribution in [0.5, 0.6) is 0 Å². The van der Waals surface area contributed by atoms with Crippen LogP contribution in [0, 0.1) is 9.62 Å². The quantitative estimate of drug-likeness (QED) is 0.643. The Morgan fingerprint density at radius 2 is 2.12 bits per heavy atom. The predicted octanol–water partition coefficient (Wildman–Crippen LogP) is 1.94. The first-order valence-electron chi connectivity index (χ1n) is 9.02. The first-order valence-corrected chi connectivity index (χ1v) is 10.1. The second-order valence-electron chi connectivity index (χ2n) is 7.47. The molecule has 0 bridgehead atoms. The molecule has 2 amide bonds. The number of urea groups is 1. The number of anilines is 1. The van der Waals surface area contributed by atoms with E-state index in [1.807, 2.05) is 36.9 Å². The number of nitrogens with zero attached hydrogens (tertiary/aromatic N) is 7. The van der Waals surface area contributed by atoms with Crippen molar-refractivity contribution in [2.24, 2.45) is 13.0 Å². The van der Waals surface area contributed by atoms with Crippen LogP contribution in [0.2, 0.25) is 0 Å². The van der Waals surface area contributed by atoms with Gasteiger partial charge in [0.05, 0.1) is 5.39 Å². The number of halogens is 1. The van der Waals surface area contributed by atoms with Crippen molar-refractivity contribution in [3.8, 4) is 0 Å². The molecule has 3 heterocycles. The molecule has 9 heteroatoms. The predicted molar refractivity (Wildman–Crippen MR) is 108 cm³/mol. The molecule has 2 aromatic rings. The first-order chi connectivity index (χ1) is 12.4. The van der Waals surface area contributed by atoms with Gasteiger partial charge in [0.15, 0.2) is 5.65 Å². The SMILES string of the molecule is CN(C)C(=O)N1CCN(c2ncc3c(I)nn(C)c3n2)C(CC2CC2)C1. The number of hydrogen-bond acceptors (Lipinski definition) is 5. The molecule has 0 radical (unpaired) electrons. The molecular weight excluding hydrogens is 445 g/mol. The van der Waals surface area contributed by atoms with Crippen molar-refractivity contribution in [1.29, 1.82) is 0 Å². The molecule has 0 aromatic carbocycles. The van der Waals surface area contributed by atoms with E-state index < -0.39 is 0 Å². The van der Waals surface area contributed by atoms with Gasteiger partial charge < -0.3 is 14.7 Å². The standard InChI is InChI=1S/C17H24IN7O/c1-22(2)17(26)24-6-7-25(12(10-24)8-11-4-5-11)16-19-9-13-14(18)21-23(3)15(13)20-16/h9,11-12H,4-8,10H2,1-3H3. The third-order valence-electron chi connectivity index (χ3n) is 5.22. The molecule has 1 saturated carbocycles. The number of aryl methyl sites for hydroxylation is 1. The highest BCUT2D eigenvalue weighted by Gasteiger charge is 2.36. The lowest BCUT2D eigenvalue weighted by Gasteiger charge is -2.42. The zero-order valence-electron chi connectivity index (χ0n) is 15.4. The van der Waals surface area contributed by atoms with Crippen molar-refractivity contribution >= 4 is 45.6 Å². The molecule has 1 aliphatic heterocycles. The summed E-state index contributed by atoms with van der Waals surface area (Å²) in [7, 11) is 5.54. The van der Waals surface area contributed by atoms with E-state index in [4.69, 9.17) is 4.98 Å². The fourth-order valence-corrected chi connectivity index (χ4v) is 4.35. The van der Waals surface area contributed by atoms with Gasteiger partial charge in [-0.2, -0.15) is 10.1 Å². The summed E-state index contributed by atoms with van der Waals surface area (Å²) >= 11 is 2.22. The Kier molecular flexibility index (Phi) is 4.66. The maximum Gasteiger partial charge on any atom is 0.319 e. The maximum atomic E-state index is 12.4. The molecule has 0 N–H and O–H groups in total. The summed E-state index contributed by atoms with van der Waals surface area (Å²) in [6.45, 7) is 2.19. The van der Waals surface area contributed by atoms with E-state index in [1.165, 1.54) is 12.8 Å². The Morgan fingerprint density at radius 3 is 2.81 bits per heavy atom. The highest BCUT2D eigenvalue weighted by atomic mass is 127. The minimum Gasteiger partial charge on any atom is -0.334 e.